The average molecular weight is 373 g/mol. The molecule has 0 saturated carbocycles. The largest absolute Gasteiger partial charge is 0.493 e. The van der Waals surface area contributed by atoms with Gasteiger partial charge in [0.05, 0.1) is 13.0 Å². The van der Waals surface area contributed by atoms with E-state index < -0.39 is 0 Å². The second-order valence-electron chi connectivity index (χ2n) is 6.18. The van der Waals surface area contributed by atoms with Gasteiger partial charge >= 0.3 is 0 Å². The van der Waals surface area contributed by atoms with Crippen LogP contribution >= 0.6 is 11.6 Å². The van der Waals surface area contributed by atoms with Gasteiger partial charge in [-0.1, -0.05) is 11.6 Å². The number of hydrogen-bond acceptors (Lipinski definition) is 3. The normalized spacial score (nSPS) is 13.5. The van der Waals surface area contributed by atoms with Crippen molar-refractivity contribution in [2.24, 2.45) is 0 Å². The number of anilines is 1. The number of likely N-dealkylation sites (tertiary alicyclic amines) is 1. The molecule has 136 valence electrons. The van der Waals surface area contributed by atoms with Gasteiger partial charge in [-0.05, 0) is 61.4 Å². The molecular formula is C20H21ClN2O3. The molecule has 6 heteroatoms. The van der Waals surface area contributed by atoms with Gasteiger partial charge in [0.15, 0.2) is 0 Å². The third kappa shape index (κ3) is 4.99. The molecule has 0 atom stereocenters. The molecule has 3 rings (SSSR count). The van der Waals surface area contributed by atoms with E-state index in [4.69, 9.17) is 16.3 Å². The summed E-state index contributed by atoms with van der Waals surface area (Å²) < 4.78 is 5.51. The van der Waals surface area contributed by atoms with Crippen LogP contribution < -0.4 is 10.1 Å². The number of carbonyl (C=O) groups is 2. The summed E-state index contributed by atoms with van der Waals surface area (Å²) in [4.78, 5) is 26.2. The van der Waals surface area contributed by atoms with E-state index >= 15 is 0 Å². The molecular weight excluding hydrogens is 352 g/mol. The van der Waals surface area contributed by atoms with Crippen LogP contribution in [0, 0.1) is 0 Å². The Labute approximate surface area is 157 Å². The van der Waals surface area contributed by atoms with Gasteiger partial charge in [0.2, 0.25) is 5.91 Å². The Morgan fingerprint density at radius 1 is 1.00 bits per heavy atom. The van der Waals surface area contributed by atoms with Crippen LogP contribution in [0.1, 0.15) is 29.6 Å². The molecule has 2 amide bonds. The van der Waals surface area contributed by atoms with Gasteiger partial charge in [-0.3, -0.25) is 9.59 Å². The molecule has 1 fully saturated rings. The quantitative estimate of drug-likeness (QED) is 0.834. The molecule has 1 heterocycles. The van der Waals surface area contributed by atoms with Crippen LogP contribution in [0.4, 0.5) is 5.69 Å². The fourth-order valence-electron chi connectivity index (χ4n) is 2.81. The van der Waals surface area contributed by atoms with Crippen LogP contribution in [0.2, 0.25) is 5.02 Å². The third-order valence-corrected chi connectivity index (χ3v) is 4.47. The van der Waals surface area contributed by atoms with Gasteiger partial charge < -0.3 is 15.0 Å². The van der Waals surface area contributed by atoms with Crippen LogP contribution in [-0.4, -0.2) is 36.4 Å². The van der Waals surface area contributed by atoms with E-state index in [0.717, 1.165) is 25.9 Å². The van der Waals surface area contributed by atoms with Crippen molar-refractivity contribution >= 4 is 29.1 Å². The first kappa shape index (κ1) is 18.3. The predicted octanol–water partition coefficient (Wildman–Crippen LogP) is 3.98. The highest BCUT2D eigenvalue weighted by Crippen LogP contribution is 2.17. The minimum Gasteiger partial charge on any atom is -0.493 e. The van der Waals surface area contributed by atoms with Crippen molar-refractivity contribution in [3.05, 3.63) is 59.1 Å². The molecule has 26 heavy (non-hydrogen) atoms. The first-order valence-corrected chi connectivity index (χ1v) is 9.07. The smallest absolute Gasteiger partial charge is 0.253 e. The van der Waals surface area contributed by atoms with Crippen molar-refractivity contribution in [2.75, 3.05) is 25.0 Å². The maximum atomic E-state index is 12.3. The summed E-state index contributed by atoms with van der Waals surface area (Å²) in [5.41, 5.74) is 1.32. The van der Waals surface area contributed by atoms with Crippen molar-refractivity contribution in [2.45, 2.75) is 19.3 Å². The second-order valence-corrected chi connectivity index (χ2v) is 6.61. The minimum atomic E-state index is -0.141. The Morgan fingerprint density at radius 3 is 2.31 bits per heavy atom. The van der Waals surface area contributed by atoms with Crippen molar-refractivity contribution in [3.63, 3.8) is 0 Å². The number of rotatable bonds is 6. The molecule has 2 aromatic carbocycles. The molecule has 0 bridgehead atoms. The standard InChI is InChI=1S/C20H21ClN2O3/c21-16-5-9-18(10-6-16)26-14-11-19(24)22-17-7-3-15(4-8-17)20(25)23-12-1-2-13-23/h3-10H,1-2,11-14H2,(H,22,24). The minimum absolute atomic E-state index is 0.0525. The lowest BCUT2D eigenvalue weighted by Crippen LogP contribution is -2.27. The summed E-state index contributed by atoms with van der Waals surface area (Å²) in [6, 6.07) is 14.0. The second kappa shape index (κ2) is 8.72. The topological polar surface area (TPSA) is 58.6 Å². The molecule has 5 nitrogen and oxygen atoms in total. The third-order valence-electron chi connectivity index (χ3n) is 4.22. The van der Waals surface area contributed by atoms with Crippen LogP contribution in [-0.2, 0) is 4.79 Å². The fourth-order valence-corrected chi connectivity index (χ4v) is 2.94. The Morgan fingerprint density at radius 2 is 1.65 bits per heavy atom. The summed E-state index contributed by atoms with van der Waals surface area (Å²) in [5.74, 6) is 0.585. The number of hydrogen-bond donors (Lipinski definition) is 1. The lowest BCUT2D eigenvalue weighted by atomic mass is 10.2. The maximum Gasteiger partial charge on any atom is 0.253 e. The van der Waals surface area contributed by atoms with E-state index in [2.05, 4.69) is 5.32 Å². The predicted molar refractivity (Wildman–Crippen MR) is 102 cm³/mol. The van der Waals surface area contributed by atoms with Crippen molar-refractivity contribution < 1.29 is 14.3 Å². The SMILES string of the molecule is O=C(CCOc1ccc(Cl)cc1)Nc1ccc(C(=O)N2CCCC2)cc1. The first-order chi connectivity index (χ1) is 12.6. The maximum absolute atomic E-state index is 12.3. The van der Waals surface area contributed by atoms with Crippen molar-refractivity contribution in [1.29, 1.82) is 0 Å². The monoisotopic (exact) mass is 372 g/mol. The van der Waals surface area contributed by atoms with Gasteiger partial charge in [0.25, 0.3) is 5.91 Å². The molecule has 1 N–H and O–H groups in total. The van der Waals surface area contributed by atoms with Gasteiger partial charge in [0.1, 0.15) is 5.75 Å². The van der Waals surface area contributed by atoms with E-state index in [9.17, 15) is 9.59 Å². The Hall–Kier alpha value is -2.53. The summed E-state index contributed by atoms with van der Waals surface area (Å²) in [7, 11) is 0. The van der Waals surface area contributed by atoms with Crippen LogP contribution in [0.15, 0.2) is 48.5 Å². The Balaban J connectivity index is 1.45. The van der Waals surface area contributed by atoms with Gasteiger partial charge in [0, 0.05) is 29.4 Å². The van der Waals surface area contributed by atoms with Crippen LogP contribution in [0.25, 0.3) is 0 Å². The van der Waals surface area contributed by atoms with Crippen molar-refractivity contribution in [1.82, 2.24) is 4.90 Å². The summed E-state index contributed by atoms with van der Waals surface area (Å²) in [6.07, 6.45) is 2.37. The molecule has 1 aliphatic rings. The Bertz CT molecular complexity index is 754. The summed E-state index contributed by atoms with van der Waals surface area (Å²) in [6.45, 7) is 1.93. The van der Waals surface area contributed by atoms with Crippen molar-refractivity contribution in [3.8, 4) is 5.75 Å². The van der Waals surface area contributed by atoms with E-state index in [1.165, 1.54) is 0 Å². The lowest BCUT2D eigenvalue weighted by molar-refractivity contribution is -0.116. The highest BCUT2D eigenvalue weighted by molar-refractivity contribution is 6.30. The number of nitrogens with zero attached hydrogens (tertiary/aromatic N) is 1. The van der Waals surface area contributed by atoms with Gasteiger partial charge in [-0.15, -0.1) is 0 Å². The average Bonchev–Trinajstić information content (AvgIpc) is 3.18. The first-order valence-electron chi connectivity index (χ1n) is 8.69. The molecule has 0 aromatic heterocycles. The zero-order valence-corrected chi connectivity index (χ0v) is 15.2. The van der Waals surface area contributed by atoms with Gasteiger partial charge in [-0.2, -0.15) is 0 Å². The Kier molecular flexibility index (Phi) is 6.12. The number of nitrogens with one attached hydrogen (secondary N) is 1. The van der Waals surface area contributed by atoms with Gasteiger partial charge in [-0.25, -0.2) is 0 Å². The highest BCUT2D eigenvalue weighted by atomic mass is 35.5. The molecule has 0 radical (unpaired) electrons. The summed E-state index contributed by atoms with van der Waals surface area (Å²) >= 11 is 5.81. The van der Waals surface area contributed by atoms with E-state index in [0.29, 0.717) is 22.0 Å². The van der Waals surface area contributed by atoms with E-state index in [1.54, 1.807) is 48.5 Å². The number of amides is 2. The number of ether oxygens (including phenoxy) is 1. The molecule has 0 spiro atoms. The van der Waals surface area contributed by atoms with Crippen LogP contribution in [0.3, 0.4) is 0 Å². The zero-order chi connectivity index (χ0) is 18.4. The molecule has 0 aliphatic carbocycles. The number of halogens is 1. The fraction of sp³-hybridized carbons (Fsp3) is 0.300. The molecule has 2 aromatic rings. The zero-order valence-electron chi connectivity index (χ0n) is 14.4. The highest BCUT2D eigenvalue weighted by Gasteiger charge is 2.19. The van der Waals surface area contributed by atoms with E-state index in [1.807, 2.05) is 4.90 Å². The number of benzene rings is 2. The van der Waals surface area contributed by atoms with Crippen LogP contribution in [0.5, 0.6) is 5.75 Å². The van der Waals surface area contributed by atoms with E-state index in [-0.39, 0.29) is 24.8 Å². The molecule has 1 saturated heterocycles. The lowest BCUT2D eigenvalue weighted by Gasteiger charge is -2.15. The number of carbonyl (C=O) groups excluding carboxylic acids is 2. The molecule has 1 aliphatic heterocycles. The summed E-state index contributed by atoms with van der Waals surface area (Å²) in [5, 5.41) is 3.45. The molecule has 0 unspecified atom stereocenters.